The fourth-order valence-electron chi connectivity index (χ4n) is 10.3. The molecule has 10 heteroatoms. The minimum Gasteiger partial charge on any atom is -0.462 e. The van der Waals surface area contributed by atoms with Gasteiger partial charge in [0.25, 0.3) is 0 Å². The van der Waals surface area contributed by atoms with Crippen molar-refractivity contribution >= 4 is 19.8 Å². The van der Waals surface area contributed by atoms with Gasteiger partial charge in [0.1, 0.15) is 19.8 Å². The lowest BCUT2D eigenvalue weighted by atomic mass is 10.0. The molecule has 0 aromatic carbocycles. The Morgan fingerprint density at radius 1 is 0.330 bits per heavy atom. The monoisotopic (exact) mass is 1330 g/mol. The van der Waals surface area contributed by atoms with Crippen molar-refractivity contribution in [3.63, 3.8) is 0 Å². The SMILES string of the molecule is CC/C=C\C/C=C\C/C=C\C/C=C\C/C=C\C/C=C\C/C=C\CCCCCCCCCCCCCCCC(=O)OC(COC(=O)CCCCCCCCCCCCCCCCCC/C=C\C/C=C\C/C=C\C/C=C\C/C=C\C/C=C\CC)COP(=O)(O)OCC[N+](C)(C)C. The highest BCUT2D eigenvalue weighted by Crippen LogP contribution is 2.43. The zero-order valence-electron chi connectivity index (χ0n) is 61.1. The van der Waals surface area contributed by atoms with Gasteiger partial charge < -0.3 is 18.9 Å². The number of carbonyl (C=O) groups excluding carboxylic acids is 2. The molecule has 0 saturated carbocycles. The average molecular weight is 1330 g/mol. The molecule has 0 spiro atoms. The Hall–Kier alpha value is -4.37. The predicted molar refractivity (Wildman–Crippen MR) is 408 cm³/mol. The topological polar surface area (TPSA) is 108 Å². The zero-order chi connectivity index (χ0) is 68.3. The Labute approximate surface area is 579 Å². The van der Waals surface area contributed by atoms with Crippen molar-refractivity contribution in [1.29, 1.82) is 0 Å². The van der Waals surface area contributed by atoms with Gasteiger partial charge in [-0.3, -0.25) is 18.6 Å². The minimum absolute atomic E-state index is 0.0261. The van der Waals surface area contributed by atoms with Gasteiger partial charge in [-0.15, -0.1) is 0 Å². The standard InChI is InChI=1S/C84H142NO8P/c1-6-8-10-12-14-16-18-20-22-24-26-28-30-32-34-36-38-40-42-44-46-48-50-52-54-56-58-60-62-64-66-68-70-72-74-76-83(86)90-80-82(81-92-94(88,89)91-79-78-85(3,4)5)93-84(87)77-75-73-71-69-67-65-63-61-59-57-55-53-51-49-47-45-43-41-39-37-35-33-31-29-27-25-23-21-19-17-15-13-11-9-7-2/h8-11,14-17,20-23,26-29,32-35,38-41,45,47,82H,6-7,12-13,18-19,24-25,30-31,36-37,42-44,46,48-81H2,1-5H3/p+1/b10-8-,11-9-,16-14-,17-15-,22-20-,23-21-,28-26-,29-27-,34-32-,35-33-,40-38-,41-39-,47-45-. The zero-order valence-corrected chi connectivity index (χ0v) is 62.0. The van der Waals surface area contributed by atoms with Crippen molar-refractivity contribution in [2.45, 2.75) is 315 Å². The van der Waals surface area contributed by atoms with Crippen molar-refractivity contribution in [2.24, 2.45) is 0 Å². The lowest BCUT2D eigenvalue weighted by Crippen LogP contribution is -2.37. The number of quaternary nitrogens is 1. The number of unbranched alkanes of at least 4 members (excludes halogenated alkanes) is 29. The van der Waals surface area contributed by atoms with Crippen molar-refractivity contribution < 1.29 is 42.1 Å². The Morgan fingerprint density at radius 2 is 0.574 bits per heavy atom. The number of allylic oxidation sites excluding steroid dienone is 26. The van der Waals surface area contributed by atoms with E-state index in [9.17, 15) is 19.0 Å². The number of phosphoric acid groups is 1. The van der Waals surface area contributed by atoms with Gasteiger partial charge >= 0.3 is 19.8 Å². The van der Waals surface area contributed by atoms with Crippen LogP contribution in [0.25, 0.3) is 0 Å². The first kappa shape index (κ1) is 89.6. The van der Waals surface area contributed by atoms with Crippen LogP contribution in [0.1, 0.15) is 309 Å². The Bertz CT molecular complexity index is 2150. The molecule has 0 aliphatic heterocycles. The summed E-state index contributed by atoms with van der Waals surface area (Å²) in [4.78, 5) is 36.0. The molecule has 0 bridgehead atoms. The molecule has 0 rings (SSSR count). The molecule has 2 unspecified atom stereocenters. The number of hydrogen-bond acceptors (Lipinski definition) is 7. The third-order valence-corrected chi connectivity index (χ3v) is 17.0. The van der Waals surface area contributed by atoms with Crippen LogP contribution in [0.3, 0.4) is 0 Å². The van der Waals surface area contributed by atoms with Gasteiger partial charge in [0.2, 0.25) is 0 Å². The molecule has 0 aliphatic rings. The summed E-state index contributed by atoms with van der Waals surface area (Å²) in [6.45, 7) is 4.22. The molecule has 0 saturated heterocycles. The molecule has 536 valence electrons. The lowest BCUT2D eigenvalue weighted by molar-refractivity contribution is -0.870. The molecule has 0 radical (unpaired) electrons. The minimum atomic E-state index is -4.40. The summed E-state index contributed by atoms with van der Waals surface area (Å²) in [5.41, 5.74) is 0. The summed E-state index contributed by atoms with van der Waals surface area (Å²) in [5, 5.41) is 0. The maximum Gasteiger partial charge on any atom is 0.472 e. The molecule has 0 aromatic heterocycles. The first-order chi connectivity index (χ1) is 46.0. The summed E-state index contributed by atoms with van der Waals surface area (Å²) >= 11 is 0. The molecule has 0 amide bonds. The summed E-state index contributed by atoms with van der Waals surface area (Å²) < 4.78 is 34.8. The molecule has 2 atom stereocenters. The van der Waals surface area contributed by atoms with E-state index in [1.807, 2.05) is 21.1 Å². The Kier molecular flexibility index (Phi) is 69.5. The summed E-state index contributed by atoms with van der Waals surface area (Å²) in [6, 6.07) is 0. The van der Waals surface area contributed by atoms with Crippen molar-refractivity contribution in [3.8, 4) is 0 Å². The van der Waals surface area contributed by atoms with Crippen LogP contribution in [0.15, 0.2) is 158 Å². The van der Waals surface area contributed by atoms with E-state index in [4.69, 9.17) is 18.5 Å². The molecule has 94 heavy (non-hydrogen) atoms. The summed E-state index contributed by atoms with van der Waals surface area (Å²) in [7, 11) is 1.47. The van der Waals surface area contributed by atoms with Gasteiger partial charge in [-0.2, -0.15) is 0 Å². The highest BCUT2D eigenvalue weighted by Gasteiger charge is 2.27. The third-order valence-electron chi connectivity index (χ3n) is 16.1. The van der Waals surface area contributed by atoms with E-state index in [0.717, 1.165) is 122 Å². The van der Waals surface area contributed by atoms with Crippen LogP contribution in [-0.2, 0) is 32.7 Å². The number of ether oxygens (including phenoxy) is 2. The smallest absolute Gasteiger partial charge is 0.462 e. The second-order valence-corrected chi connectivity index (χ2v) is 27.7. The molecule has 0 aliphatic carbocycles. The first-order valence-electron chi connectivity index (χ1n) is 38.2. The molecule has 0 aromatic rings. The number of hydrogen-bond donors (Lipinski definition) is 1. The molecular weight excluding hydrogens is 1180 g/mol. The second-order valence-electron chi connectivity index (χ2n) is 26.3. The second kappa shape index (κ2) is 72.9. The number of carbonyl (C=O) groups is 2. The van der Waals surface area contributed by atoms with Crippen LogP contribution in [0.5, 0.6) is 0 Å². The van der Waals surface area contributed by atoms with Crippen LogP contribution < -0.4 is 0 Å². The van der Waals surface area contributed by atoms with Crippen LogP contribution in [0.2, 0.25) is 0 Å². The van der Waals surface area contributed by atoms with E-state index in [2.05, 4.69) is 172 Å². The fourth-order valence-corrected chi connectivity index (χ4v) is 11.0. The van der Waals surface area contributed by atoms with Gasteiger partial charge in [0, 0.05) is 12.8 Å². The summed E-state index contributed by atoms with van der Waals surface area (Å²) in [6.07, 6.45) is 109. The van der Waals surface area contributed by atoms with Gasteiger partial charge in [0.15, 0.2) is 6.10 Å². The van der Waals surface area contributed by atoms with Gasteiger partial charge in [0.05, 0.1) is 27.7 Å². The molecule has 1 N–H and O–H groups in total. The number of nitrogens with zero attached hydrogens (tertiary/aromatic N) is 1. The normalized spacial score (nSPS) is 14.0. The van der Waals surface area contributed by atoms with E-state index in [1.165, 1.54) is 154 Å². The van der Waals surface area contributed by atoms with Crippen LogP contribution in [0, 0.1) is 0 Å². The predicted octanol–water partition coefficient (Wildman–Crippen LogP) is 25.5. The van der Waals surface area contributed by atoms with Gasteiger partial charge in [-0.05, 0) is 122 Å². The van der Waals surface area contributed by atoms with Crippen molar-refractivity contribution in [3.05, 3.63) is 158 Å². The van der Waals surface area contributed by atoms with E-state index in [1.54, 1.807) is 0 Å². The van der Waals surface area contributed by atoms with Crippen LogP contribution in [-0.4, -0.2) is 74.9 Å². The Morgan fingerprint density at radius 3 is 0.851 bits per heavy atom. The number of rotatable bonds is 69. The number of phosphoric ester groups is 1. The maximum absolute atomic E-state index is 12.9. The van der Waals surface area contributed by atoms with E-state index in [0.29, 0.717) is 17.4 Å². The van der Waals surface area contributed by atoms with E-state index < -0.39 is 26.5 Å². The Balaban J connectivity index is 4.03. The fraction of sp³-hybridized carbons (Fsp3) is 0.667. The highest BCUT2D eigenvalue weighted by molar-refractivity contribution is 7.47. The van der Waals surface area contributed by atoms with E-state index >= 15 is 0 Å². The first-order valence-corrected chi connectivity index (χ1v) is 39.7. The largest absolute Gasteiger partial charge is 0.472 e. The average Bonchev–Trinajstić information content (AvgIpc) is 1.68. The summed E-state index contributed by atoms with van der Waals surface area (Å²) in [5.74, 6) is -0.797. The molecular formula is C84H143NO8P+. The quantitative estimate of drug-likeness (QED) is 0.0211. The highest BCUT2D eigenvalue weighted by atomic mass is 31.2. The third kappa shape index (κ3) is 76.6. The maximum atomic E-state index is 12.9. The van der Waals surface area contributed by atoms with Crippen molar-refractivity contribution in [2.75, 3.05) is 47.5 Å². The number of esters is 2. The lowest BCUT2D eigenvalue weighted by Gasteiger charge is -2.24. The van der Waals surface area contributed by atoms with Gasteiger partial charge in [-0.25, -0.2) is 4.57 Å². The van der Waals surface area contributed by atoms with E-state index in [-0.39, 0.29) is 32.0 Å². The van der Waals surface area contributed by atoms with Crippen molar-refractivity contribution in [1.82, 2.24) is 0 Å². The van der Waals surface area contributed by atoms with Gasteiger partial charge in [-0.1, -0.05) is 332 Å². The molecule has 0 heterocycles. The van der Waals surface area contributed by atoms with Crippen LogP contribution >= 0.6 is 7.82 Å². The number of likely N-dealkylation sites (N-methyl/N-ethyl adjacent to an activating group) is 1. The molecule has 0 fully saturated rings. The molecule has 9 nitrogen and oxygen atoms in total. The van der Waals surface area contributed by atoms with Crippen LogP contribution in [0.4, 0.5) is 0 Å².